The predicted molar refractivity (Wildman–Crippen MR) is 69.8 cm³/mol. The van der Waals surface area contributed by atoms with Crippen molar-refractivity contribution in [2.75, 3.05) is 11.9 Å². The largest absolute Gasteiger partial charge is 0.396 e. The Morgan fingerprint density at radius 2 is 2.28 bits per heavy atom. The smallest absolute Gasteiger partial charge is 0.321 e. The number of hydrogen-bond acceptors (Lipinski definition) is 5. The third-order valence-electron chi connectivity index (χ3n) is 3.01. The Labute approximate surface area is 110 Å². The van der Waals surface area contributed by atoms with Crippen LogP contribution in [-0.2, 0) is 0 Å². The van der Waals surface area contributed by atoms with Gasteiger partial charge in [-0.3, -0.25) is 5.32 Å². The summed E-state index contributed by atoms with van der Waals surface area (Å²) in [6.07, 6.45) is 1.69. The van der Waals surface area contributed by atoms with Gasteiger partial charge < -0.3 is 10.4 Å². The lowest BCUT2D eigenvalue weighted by molar-refractivity contribution is 0.130. The van der Waals surface area contributed by atoms with E-state index in [1.54, 1.807) is 0 Å². The molecule has 0 bridgehead atoms. The van der Waals surface area contributed by atoms with Crippen LogP contribution in [0.5, 0.6) is 0 Å². The number of rotatable bonds is 4. The molecule has 18 heavy (non-hydrogen) atoms. The highest BCUT2D eigenvalue weighted by atomic mass is 32.1. The SMILES string of the molecule is CC(C)c1nsc(NC(=O)NC2CC(CO)C2)n1. The molecule has 100 valence electrons. The van der Waals surface area contributed by atoms with Gasteiger partial charge in [0.2, 0.25) is 5.13 Å². The fourth-order valence-electron chi connectivity index (χ4n) is 1.84. The molecule has 0 radical (unpaired) electrons. The Balaban J connectivity index is 1.77. The molecule has 0 atom stereocenters. The zero-order chi connectivity index (χ0) is 13.1. The number of aliphatic hydroxyl groups is 1. The van der Waals surface area contributed by atoms with Gasteiger partial charge in [0.25, 0.3) is 0 Å². The van der Waals surface area contributed by atoms with Gasteiger partial charge >= 0.3 is 6.03 Å². The number of nitrogens with zero attached hydrogens (tertiary/aromatic N) is 2. The topological polar surface area (TPSA) is 87.1 Å². The third kappa shape index (κ3) is 3.17. The summed E-state index contributed by atoms with van der Waals surface area (Å²) >= 11 is 1.19. The van der Waals surface area contributed by atoms with Gasteiger partial charge in [-0.2, -0.15) is 4.37 Å². The van der Waals surface area contributed by atoms with Crippen LogP contribution in [0, 0.1) is 5.92 Å². The molecule has 0 saturated heterocycles. The Bertz CT molecular complexity index is 415. The summed E-state index contributed by atoms with van der Waals surface area (Å²) in [6, 6.07) is -0.0810. The lowest BCUT2D eigenvalue weighted by Crippen LogP contribution is -2.46. The number of aliphatic hydroxyl groups excluding tert-OH is 1. The van der Waals surface area contributed by atoms with E-state index >= 15 is 0 Å². The lowest BCUT2D eigenvalue weighted by atomic mass is 9.81. The fourth-order valence-corrected chi connectivity index (χ4v) is 2.55. The van der Waals surface area contributed by atoms with Crippen LogP contribution in [0.1, 0.15) is 38.4 Å². The summed E-state index contributed by atoms with van der Waals surface area (Å²) < 4.78 is 4.16. The number of carbonyl (C=O) groups is 1. The van der Waals surface area contributed by atoms with Crippen molar-refractivity contribution in [2.24, 2.45) is 5.92 Å². The van der Waals surface area contributed by atoms with Gasteiger partial charge in [-0.25, -0.2) is 9.78 Å². The number of anilines is 1. The molecule has 1 aliphatic rings. The molecule has 1 saturated carbocycles. The maximum atomic E-state index is 11.6. The van der Waals surface area contributed by atoms with E-state index in [9.17, 15) is 4.79 Å². The first-order valence-corrected chi connectivity index (χ1v) is 6.87. The van der Waals surface area contributed by atoms with Gasteiger partial charge in [-0.05, 0) is 18.8 Å². The lowest BCUT2D eigenvalue weighted by Gasteiger charge is -2.34. The predicted octanol–water partition coefficient (Wildman–Crippen LogP) is 1.55. The monoisotopic (exact) mass is 270 g/mol. The van der Waals surface area contributed by atoms with E-state index in [1.165, 1.54) is 11.5 Å². The zero-order valence-electron chi connectivity index (χ0n) is 10.5. The van der Waals surface area contributed by atoms with E-state index in [1.807, 2.05) is 13.8 Å². The molecule has 1 fully saturated rings. The molecular weight excluding hydrogens is 252 g/mol. The summed E-state index contributed by atoms with van der Waals surface area (Å²) in [5, 5.41) is 14.9. The Hall–Kier alpha value is -1.21. The number of urea groups is 1. The molecule has 0 spiro atoms. The molecule has 0 aromatic carbocycles. The Morgan fingerprint density at radius 1 is 1.56 bits per heavy atom. The minimum Gasteiger partial charge on any atom is -0.396 e. The molecule has 0 aliphatic heterocycles. The van der Waals surface area contributed by atoms with Gasteiger partial charge in [0, 0.05) is 30.1 Å². The second-order valence-corrected chi connectivity index (χ2v) is 5.68. The number of carbonyl (C=O) groups excluding carboxylic acids is 1. The molecule has 0 unspecified atom stereocenters. The van der Waals surface area contributed by atoms with Crippen molar-refractivity contribution in [2.45, 2.75) is 38.6 Å². The first kappa shape index (κ1) is 13.2. The quantitative estimate of drug-likeness (QED) is 0.774. The standard InChI is InChI=1S/C11H18N4O2S/c1-6(2)9-13-11(18-15-9)14-10(17)12-8-3-7(4-8)5-16/h6-8,16H,3-5H2,1-2H3,(H2,12,13,14,15,17). The van der Waals surface area contributed by atoms with Crippen molar-refractivity contribution < 1.29 is 9.90 Å². The molecule has 7 heteroatoms. The first-order valence-electron chi connectivity index (χ1n) is 6.10. The number of hydrogen-bond donors (Lipinski definition) is 3. The molecule has 6 nitrogen and oxygen atoms in total. The van der Waals surface area contributed by atoms with Crippen molar-refractivity contribution in [3.05, 3.63) is 5.82 Å². The van der Waals surface area contributed by atoms with Crippen molar-refractivity contribution in [1.82, 2.24) is 14.7 Å². The van der Waals surface area contributed by atoms with Crippen LogP contribution in [0.4, 0.5) is 9.93 Å². The van der Waals surface area contributed by atoms with Crippen molar-refractivity contribution in [1.29, 1.82) is 0 Å². The van der Waals surface area contributed by atoms with Crippen LogP contribution in [0.2, 0.25) is 0 Å². The summed E-state index contributed by atoms with van der Waals surface area (Å²) in [4.78, 5) is 15.9. The Kier molecular flexibility index (Phi) is 4.13. The van der Waals surface area contributed by atoms with E-state index in [2.05, 4.69) is 20.0 Å². The number of amides is 2. The van der Waals surface area contributed by atoms with Crippen molar-refractivity contribution in [3.63, 3.8) is 0 Å². The van der Waals surface area contributed by atoms with Crippen molar-refractivity contribution in [3.8, 4) is 0 Å². The van der Waals surface area contributed by atoms with Crippen LogP contribution >= 0.6 is 11.5 Å². The first-order chi connectivity index (χ1) is 8.58. The summed E-state index contributed by atoms with van der Waals surface area (Å²) in [5.74, 6) is 1.35. The number of aromatic nitrogens is 2. The molecular formula is C11H18N4O2S. The molecule has 1 aromatic rings. The molecule has 1 heterocycles. The van der Waals surface area contributed by atoms with Crippen LogP contribution in [0.15, 0.2) is 0 Å². The van der Waals surface area contributed by atoms with E-state index in [-0.39, 0.29) is 24.6 Å². The Morgan fingerprint density at radius 3 is 2.83 bits per heavy atom. The maximum Gasteiger partial charge on any atom is 0.321 e. The molecule has 1 aliphatic carbocycles. The summed E-state index contributed by atoms with van der Waals surface area (Å²) in [7, 11) is 0. The summed E-state index contributed by atoms with van der Waals surface area (Å²) in [5.41, 5.74) is 0. The molecule has 2 amide bonds. The second kappa shape index (κ2) is 5.62. The van der Waals surface area contributed by atoms with Gasteiger partial charge in [-0.1, -0.05) is 13.8 Å². The normalized spacial score (nSPS) is 22.7. The average molecular weight is 270 g/mol. The fraction of sp³-hybridized carbons (Fsp3) is 0.727. The minimum absolute atomic E-state index is 0.166. The molecule has 1 aromatic heterocycles. The van der Waals surface area contributed by atoms with E-state index < -0.39 is 0 Å². The highest BCUT2D eigenvalue weighted by molar-refractivity contribution is 7.09. The van der Waals surface area contributed by atoms with Gasteiger partial charge in [0.05, 0.1) is 0 Å². The van der Waals surface area contributed by atoms with Crippen molar-refractivity contribution >= 4 is 22.7 Å². The van der Waals surface area contributed by atoms with E-state index in [4.69, 9.17) is 5.11 Å². The summed E-state index contributed by atoms with van der Waals surface area (Å²) in [6.45, 7) is 4.22. The highest BCUT2D eigenvalue weighted by Crippen LogP contribution is 2.26. The highest BCUT2D eigenvalue weighted by Gasteiger charge is 2.29. The third-order valence-corrected chi connectivity index (χ3v) is 3.65. The molecule has 2 rings (SSSR count). The minimum atomic E-state index is -0.247. The average Bonchev–Trinajstić information content (AvgIpc) is 2.71. The van der Waals surface area contributed by atoms with Crippen LogP contribution in [0.3, 0.4) is 0 Å². The van der Waals surface area contributed by atoms with E-state index in [0.29, 0.717) is 11.0 Å². The van der Waals surface area contributed by atoms with Crippen LogP contribution in [-0.4, -0.2) is 33.1 Å². The van der Waals surface area contributed by atoms with Crippen LogP contribution in [0.25, 0.3) is 0 Å². The van der Waals surface area contributed by atoms with Gasteiger partial charge in [0.15, 0.2) is 0 Å². The maximum absolute atomic E-state index is 11.6. The van der Waals surface area contributed by atoms with Gasteiger partial charge in [0.1, 0.15) is 5.82 Å². The zero-order valence-corrected chi connectivity index (χ0v) is 11.3. The van der Waals surface area contributed by atoms with Crippen LogP contribution < -0.4 is 10.6 Å². The van der Waals surface area contributed by atoms with Gasteiger partial charge in [-0.15, -0.1) is 0 Å². The second-order valence-electron chi connectivity index (χ2n) is 4.93. The molecule has 3 N–H and O–H groups in total. The number of nitrogens with one attached hydrogen (secondary N) is 2. The van der Waals surface area contributed by atoms with E-state index in [0.717, 1.165) is 18.7 Å².